The highest BCUT2D eigenvalue weighted by Crippen LogP contribution is 2.47. The first kappa shape index (κ1) is 28.9. The molecule has 2 amide bonds. The van der Waals surface area contributed by atoms with Gasteiger partial charge in [-0.3, -0.25) is 14.5 Å². The Labute approximate surface area is 251 Å². The van der Waals surface area contributed by atoms with Gasteiger partial charge in [-0.05, 0) is 45.5 Å². The van der Waals surface area contributed by atoms with E-state index < -0.39 is 5.82 Å². The van der Waals surface area contributed by atoms with E-state index in [1.807, 2.05) is 0 Å². The Bertz CT molecular complexity index is 1410. The zero-order chi connectivity index (χ0) is 29.8. The van der Waals surface area contributed by atoms with Crippen LogP contribution in [0.2, 0.25) is 5.02 Å². The number of ether oxygens (including phenoxy) is 1. The molecular weight excluding hydrogens is 559 g/mol. The summed E-state index contributed by atoms with van der Waals surface area (Å²) < 4.78 is 21.5. The van der Waals surface area contributed by atoms with E-state index >= 15 is 4.39 Å². The number of likely N-dealkylation sites (N-methyl/N-ethyl adjacent to an activating group) is 1. The molecule has 2 atom stereocenters. The van der Waals surface area contributed by atoms with Crippen LogP contribution in [0.4, 0.5) is 10.2 Å². The monoisotopic (exact) mass is 596 g/mol. The second kappa shape index (κ2) is 11.1. The molecule has 2 aromatic rings. The molecule has 42 heavy (non-hydrogen) atoms. The summed E-state index contributed by atoms with van der Waals surface area (Å²) in [4.78, 5) is 42.3. The molecule has 0 unspecified atom stereocenters. The van der Waals surface area contributed by atoms with Crippen molar-refractivity contribution in [3.8, 4) is 17.0 Å². The highest BCUT2D eigenvalue weighted by atomic mass is 35.5. The summed E-state index contributed by atoms with van der Waals surface area (Å²) in [5, 5.41) is 0.110. The summed E-state index contributed by atoms with van der Waals surface area (Å²) in [5.74, 6) is -0.185. The van der Waals surface area contributed by atoms with Gasteiger partial charge < -0.3 is 24.3 Å². The van der Waals surface area contributed by atoms with Gasteiger partial charge in [0.25, 0.3) is 5.91 Å². The lowest BCUT2D eigenvalue weighted by molar-refractivity contribution is -0.128. The maximum absolute atomic E-state index is 15.2. The van der Waals surface area contributed by atoms with Gasteiger partial charge in [-0.1, -0.05) is 30.3 Å². The van der Waals surface area contributed by atoms with Crippen LogP contribution in [-0.4, -0.2) is 120 Å². The number of hydrogen-bond acceptors (Lipinski definition) is 7. The molecule has 1 aromatic carbocycles. The second-order valence-corrected chi connectivity index (χ2v) is 12.7. The van der Waals surface area contributed by atoms with Crippen LogP contribution in [0.5, 0.6) is 5.75 Å². The van der Waals surface area contributed by atoms with E-state index in [0.29, 0.717) is 37.6 Å². The van der Waals surface area contributed by atoms with E-state index in [-0.39, 0.29) is 58.1 Å². The van der Waals surface area contributed by atoms with Gasteiger partial charge in [-0.25, -0.2) is 9.37 Å². The molecule has 0 bridgehead atoms. The van der Waals surface area contributed by atoms with Crippen LogP contribution in [0.3, 0.4) is 0 Å². The van der Waals surface area contributed by atoms with Gasteiger partial charge in [0, 0.05) is 69.5 Å². The quantitative estimate of drug-likeness (QED) is 0.501. The first-order valence-electron chi connectivity index (χ1n) is 14.6. The zero-order valence-electron chi connectivity index (χ0n) is 24.5. The number of amides is 2. The minimum atomic E-state index is -0.454. The third kappa shape index (κ3) is 5.03. The number of pyridine rings is 1. The number of rotatable bonds is 4. The van der Waals surface area contributed by atoms with Gasteiger partial charge in [-0.2, -0.15) is 0 Å². The van der Waals surface area contributed by atoms with Crippen LogP contribution in [-0.2, 0) is 4.79 Å². The van der Waals surface area contributed by atoms with E-state index in [1.165, 1.54) is 12.1 Å². The minimum Gasteiger partial charge on any atom is -0.489 e. The van der Waals surface area contributed by atoms with E-state index in [4.69, 9.17) is 21.3 Å². The number of carbonyl (C=O) groups excluding carboxylic acids is 2. The fourth-order valence-electron chi connectivity index (χ4n) is 6.82. The molecule has 9 nitrogen and oxygen atoms in total. The molecule has 4 aliphatic rings. The van der Waals surface area contributed by atoms with Crippen LogP contribution >= 0.6 is 11.6 Å². The van der Waals surface area contributed by atoms with E-state index in [2.05, 4.69) is 42.2 Å². The number of nitrogens with zero attached hydrogens (tertiary/aromatic N) is 6. The van der Waals surface area contributed by atoms with Crippen molar-refractivity contribution in [3.05, 3.63) is 53.3 Å². The molecule has 1 aromatic heterocycles. The van der Waals surface area contributed by atoms with Crippen LogP contribution in [0.15, 0.2) is 36.9 Å². The predicted octanol–water partition coefficient (Wildman–Crippen LogP) is 3.38. The molecule has 6 rings (SSSR count). The SMILES string of the molecule is C=CC(=O)N1CCN2C(=O)c3c(N4C[C@H](N5CCN(C)CC5)CC4(C)C)nc(-c4ccccc4F)c(Cl)c3OC[C@H]2C1. The molecule has 0 radical (unpaired) electrons. The van der Waals surface area contributed by atoms with Crippen LogP contribution in [0.1, 0.15) is 30.6 Å². The van der Waals surface area contributed by atoms with Gasteiger partial charge >= 0.3 is 0 Å². The molecule has 0 aliphatic carbocycles. The first-order valence-corrected chi connectivity index (χ1v) is 15.0. The topological polar surface area (TPSA) is 72.5 Å². The molecule has 4 aliphatic heterocycles. The summed E-state index contributed by atoms with van der Waals surface area (Å²) in [6.07, 6.45) is 2.18. The maximum Gasteiger partial charge on any atom is 0.261 e. The average Bonchev–Trinajstić information content (AvgIpc) is 3.22. The number of anilines is 1. The van der Waals surface area contributed by atoms with E-state index in [0.717, 1.165) is 32.6 Å². The number of benzene rings is 1. The normalized spacial score (nSPS) is 24.6. The zero-order valence-corrected chi connectivity index (χ0v) is 25.2. The standard InChI is InChI=1S/C31H38ClFN6O3/c1-5-24(40)37-14-15-38-21(17-37)19-42-28-25(30(38)41)29(34-27(26(28)32)22-8-6-7-9-23(22)33)39-18-20(16-31(39,2)3)36-12-10-35(4)11-13-36/h5-9,20-21H,1,10-19H2,2-4H3/t20-,21-/m1/s1. The van der Waals surface area contributed by atoms with Gasteiger partial charge in [0.1, 0.15) is 28.8 Å². The van der Waals surface area contributed by atoms with Gasteiger partial charge in [0.05, 0.1) is 11.7 Å². The molecule has 11 heteroatoms. The summed E-state index contributed by atoms with van der Waals surface area (Å²) in [6, 6.07) is 6.29. The van der Waals surface area contributed by atoms with Gasteiger partial charge in [-0.15, -0.1) is 0 Å². The fourth-order valence-corrected chi connectivity index (χ4v) is 7.11. The highest BCUT2D eigenvalue weighted by Gasteiger charge is 2.46. The van der Waals surface area contributed by atoms with Crippen molar-refractivity contribution in [2.24, 2.45) is 0 Å². The number of fused-ring (bicyclic) bond motifs is 2. The molecule has 3 saturated heterocycles. The smallest absolute Gasteiger partial charge is 0.261 e. The number of aromatic nitrogens is 1. The second-order valence-electron chi connectivity index (χ2n) is 12.4. The van der Waals surface area contributed by atoms with Crippen molar-refractivity contribution < 1.29 is 18.7 Å². The summed E-state index contributed by atoms with van der Waals surface area (Å²) in [7, 11) is 2.14. The van der Waals surface area contributed by atoms with Gasteiger partial charge in [0.2, 0.25) is 5.91 Å². The summed E-state index contributed by atoms with van der Waals surface area (Å²) in [5.41, 5.74) is 0.465. The van der Waals surface area contributed by atoms with Crippen LogP contribution in [0, 0.1) is 5.82 Å². The maximum atomic E-state index is 15.2. The number of piperazine rings is 2. The fraction of sp³-hybridized carbons (Fsp3) is 0.516. The molecule has 3 fully saturated rings. The average molecular weight is 597 g/mol. The Morgan fingerprint density at radius 2 is 1.86 bits per heavy atom. The van der Waals surface area contributed by atoms with Crippen molar-refractivity contribution >= 4 is 29.2 Å². The first-order chi connectivity index (χ1) is 20.1. The summed E-state index contributed by atoms with van der Waals surface area (Å²) >= 11 is 6.95. The van der Waals surface area contributed by atoms with E-state index in [1.54, 1.807) is 28.0 Å². The third-order valence-corrected chi connectivity index (χ3v) is 9.59. The Kier molecular flexibility index (Phi) is 7.66. The lowest BCUT2D eigenvalue weighted by atomic mass is 9.98. The molecule has 0 N–H and O–H groups in total. The highest BCUT2D eigenvalue weighted by molar-refractivity contribution is 6.35. The lowest BCUT2D eigenvalue weighted by Gasteiger charge is -2.40. The van der Waals surface area contributed by atoms with Crippen molar-refractivity contribution in [2.45, 2.75) is 37.9 Å². The third-order valence-electron chi connectivity index (χ3n) is 9.24. The van der Waals surface area contributed by atoms with Gasteiger partial charge in [0.15, 0.2) is 5.75 Å². The Balaban J connectivity index is 1.45. The minimum absolute atomic E-state index is 0.110. The summed E-state index contributed by atoms with van der Waals surface area (Å²) in [6.45, 7) is 13.8. The molecule has 224 valence electrons. The van der Waals surface area contributed by atoms with Crippen LogP contribution in [0.25, 0.3) is 11.3 Å². The molecular formula is C31H38ClFN6O3. The Morgan fingerprint density at radius 1 is 1.12 bits per heavy atom. The van der Waals surface area contributed by atoms with Crippen LogP contribution < -0.4 is 9.64 Å². The van der Waals surface area contributed by atoms with E-state index in [9.17, 15) is 9.59 Å². The molecule has 0 spiro atoms. The number of carbonyl (C=O) groups is 2. The largest absolute Gasteiger partial charge is 0.489 e. The van der Waals surface area contributed by atoms with Crippen molar-refractivity contribution in [1.29, 1.82) is 0 Å². The van der Waals surface area contributed by atoms with Crippen molar-refractivity contribution in [2.75, 3.05) is 70.9 Å². The Hall–Kier alpha value is -3.21. The number of halogens is 2. The Morgan fingerprint density at radius 3 is 2.57 bits per heavy atom. The number of hydrogen-bond donors (Lipinski definition) is 0. The predicted molar refractivity (Wildman–Crippen MR) is 161 cm³/mol. The molecule has 0 saturated carbocycles. The van der Waals surface area contributed by atoms with Crippen molar-refractivity contribution in [3.63, 3.8) is 0 Å². The lowest BCUT2D eigenvalue weighted by Crippen LogP contribution is -2.57. The van der Waals surface area contributed by atoms with Crippen molar-refractivity contribution in [1.82, 2.24) is 24.6 Å². The molecule has 5 heterocycles.